The first-order valence-electron chi connectivity index (χ1n) is 8.36. The van der Waals surface area contributed by atoms with Crippen LogP contribution in [0.2, 0.25) is 0 Å². The van der Waals surface area contributed by atoms with E-state index in [-0.39, 0.29) is 23.0 Å². The van der Waals surface area contributed by atoms with Gasteiger partial charge in [-0.3, -0.25) is 9.59 Å². The van der Waals surface area contributed by atoms with Gasteiger partial charge in [-0.2, -0.15) is 13.2 Å². The van der Waals surface area contributed by atoms with Gasteiger partial charge in [-0.15, -0.1) is 0 Å². The van der Waals surface area contributed by atoms with Gasteiger partial charge < -0.3 is 10.1 Å². The molecule has 2 aromatic rings. The molecule has 0 spiro atoms. The SMILES string of the molecule is CC(C)C(=O)Nc1ccc(C(=O)COC(=O)c2ccc(C(F)(F)F)cc2)cc1. The van der Waals surface area contributed by atoms with Crippen LogP contribution in [0.25, 0.3) is 0 Å². The Morgan fingerprint density at radius 2 is 1.46 bits per heavy atom. The Morgan fingerprint density at radius 1 is 0.929 bits per heavy atom. The molecule has 0 saturated heterocycles. The van der Waals surface area contributed by atoms with Gasteiger partial charge in [-0.25, -0.2) is 4.79 Å². The average molecular weight is 393 g/mol. The summed E-state index contributed by atoms with van der Waals surface area (Å²) in [5.74, 6) is -1.74. The Hall–Kier alpha value is -3.16. The molecule has 0 saturated carbocycles. The largest absolute Gasteiger partial charge is 0.454 e. The van der Waals surface area contributed by atoms with Gasteiger partial charge in [0.2, 0.25) is 5.91 Å². The molecule has 0 aliphatic carbocycles. The van der Waals surface area contributed by atoms with Crippen molar-refractivity contribution < 1.29 is 32.3 Å². The van der Waals surface area contributed by atoms with Crippen LogP contribution in [0.1, 0.15) is 40.1 Å². The van der Waals surface area contributed by atoms with Gasteiger partial charge >= 0.3 is 12.1 Å². The number of amides is 1. The zero-order valence-electron chi connectivity index (χ0n) is 15.2. The fraction of sp³-hybridized carbons (Fsp3) is 0.250. The molecule has 1 amide bonds. The number of carbonyl (C=O) groups excluding carboxylic acids is 3. The molecule has 0 heterocycles. The highest BCUT2D eigenvalue weighted by atomic mass is 19.4. The monoisotopic (exact) mass is 393 g/mol. The Bertz CT molecular complexity index is 857. The second-order valence-corrected chi connectivity index (χ2v) is 6.30. The van der Waals surface area contributed by atoms with Crippen molar-refractivity contribution in [3.05, 3.63) is 65.2 Å². The van der Waals surface area contributed by atoms with Crippen LogP contribution in [-0.4, -0.2) is 24.3 Å². The van der Waals surface area contributed by atoms with Crippen LogP contribution in [0.5, 0.6) is 0 Å². The van der Waals surface area contributed by atoms with E-state index in [1.807, 2.05) is 0 Å². The second-order valence-electron chi connectivity index (χ2n) is 6.30. The third kappa shape index (κ3) is 5.67. The van der Waals surface area contributed by atoms with Crippen LogP contribution >= 0.6 is 0 Å². The lowest BCUT2D eigenvalue weighted by atomic mass is 10.1. The third-order valence-corrected chi connectivity index (χ3v) is 3.78. The van der Waals surface area contributed by atoms with E-state index in [2.05, 4.69) is 5.32 Å². The summed E-state index contributed by atoms with van der Waals surface area (Å²) < 4.78 is 42.4. The molecule has 148 valence electrons. The number of anilines is 1. The predicted octanol–water partition coefficient (Wildman–Crippen LogP) is 4.34. The zero-order chi connectivity index (χ0) is 20.9. The van der Waals surface area contributed by atoms with Crippen molar-refractivity contribution in [1.82, 2.24) is 0 Å². The zero-order valence-corrected chi connectivity index (χ0v) is 15.2. The number of Topliss-reactive ketones (excluding diaryl/α,β-unsaturated/α-hetero) is 1. The first-order valence-corrected chi connectivity index (χ1v) is 8.36. The fourth-order valence-electron chi connectivity index (χ4n) is 2.12. The number of alkyl halides is 3. The van der Waals surface area contributed by atoms with Gasteiger partial charge in [-0.05, 0) is 48.5 Å². The number of rotatable bonds is 6. The van der Waals surface area contributed by atoms with E-state index in [1.165, 1.54) is 12.1 Å². The minimum atomic E-state index is -4.50. The molecule has 0 radical (unpaired) electrons. The van der Waals surface area contributed by atoms with Crippen LogP contribution in [-0.2, 0) is 15.7 Å². The summed E-state index contributed by atoms with van der Waals surface area (Å²) in [6, 6.07) is 9.56. The third-order valence-electron chi connectivity index (χ3n) is 3.78. The summed E-state index contributed by atoms with van der Waals surface area (Å²) in [7, 11) is 0. The summed E-state index contributed by atoms with van der Waals surface area (Å²) in [6.07, 6.45) is -4.50. The number of hydrogen-bond acceptors (Lipinski definition) is 4. The number of benzene rings is 2. The van der Waals surface area contributed by atoms with E-state index in [0.29, 0.717) is 5.69 Å². The molecule has 8 heteroatoms. The van der Waals surface area contributed by atoms with Crippen LogP contribution in [0, 0.1) is 5.92 Å². The molecule has 2 rings (SSSR count). The molecular weight excluding hydrogens is 375 g/mol. The minimum Gasteiger partial charge on any atom is -0.454 e. The van der Waals surface area contributed by atoms with Gasteiger partial charge in [-0.1, -0.05) is 13.8 Å². The first kappa shape index (κ1) is 21.1. The Labute approximate surface area is 159 Å². The molecule has 2 aromatic carbocycles. The van der Waals surface area contributed by atoms with Crippen molar-refractivity contribution in [2.45, 2.75) is 20.0 Å². The number of ketones is 1. The Balaban J connectivity index is 1.92. The van der Waals surface area contributed by atoms with Crippen LogP contribution < -0.4 is 5.32 Å². The molecule has 0 unspecified atom stereocenters. The van der Waals surface area contributed by atoms with E-state index in [1.54, 1.807) is 26.0 Å². The molecule has 28 heavy (non-hydrogen) atoms. The highest BCUT2D eigenvalue weighted by molar-refractivity contribution is 6.00. The maximum absolute atomic E-state index is 12.5. The molecule has 0 fully saturated rings. The number of nitrogens with one attached hydrogen (secondary N) is 1. The van der Waals surface area contributed by atoms with Crippen LogP contribution in [0.15, 0.2) is 48.5 Å². The minimum absolute atomic E-state index is 0.0902. The molecule has 0 aromatic heterocycles. The van der Waals surface area contributed by atoms with E-state index >= 15 is 0 Å². The van der Waals surface area contributed by atoms with Gasteiger partial charge in [0.05, 0.1) is 11.1 Å². The number of hydrogen-bond donors (Lipinski definition) is 1. The number of halogens is 3. The maximum Gasteiger partial charge on any atom is 0.416 e. The molecule has 0 aliphatic rings. The van der Waals surface area contributed by atoms with E-state index in [4.69, 9.17) is 4.74 Å². The molecule has 0 bridgehead atoms. The summed E-state index contributed by atoms with van der Waals surface area (Å²) in [5.41, 5.74) is -0.183. The highest BCUT2D eigenvalue weighted by Crippen LogP contribution is 2.29. The predicted molar refractivity (Wildman–Crippen MR) is 96.0 cm³/mol. The number of carbonyl (C=O) groups is 3. The van der Waals surface area contributed by atoms with Gasteiger partial charge in [0.15, 0.2) is 12.4 Å². The fourth-order valence-corrected chi connectivity index (χ4v) is 2.12. The standard InChI is InChI=1S/C20H18F3NO4/c1-12(2)18(26)24-16-9-5-13(6-10-16)17(25)11-28-19(27)14-3-7-15(8-4-14)20(21,22)23/h3-10,12H,11H2,1-2H3,(H,24,26). The molecule has 1 N–H and O–H groups in total. The molecule has 0 atom stereocenters. The quantitative estimate of drug-likeness (QED) is 0.585. The lowest BCUT2D eigenvalue weighted by Gasteiger charge is -2.09. The lowest BCUT2D eigenvalue weighted by Crippen LogP contribution is -2.18. The van der Waals surface area contributed by atoms with E-state index in [9.17, 15) is 27.6 Å². The maximum atomic E-state index is 12.5. The van der Waals surface area contributed by atoms with Crippen LogP contribution in [0.4, 0.5) is 18.9 Å². The first-order chi connectivity index (χ1) is 13.1. The van der Waals surface area contributed by atoms with Crippen molar-refractivity contribution in [3.63, 3.8) is 0 Å². The molecular formula is C20H18F3NO4. The van der Waals surface area contributed by atoms with Gasteiger partial charge in [0.25, 0.3) is 0 Å². The summed E-state index contributed by atoms with van der Waals surface area (Å²) in [6.45, 7) is 2.94. The van der Waals surface area contributed by atoms with Crippen molar-refractivity contribution in [3.8, 4) is 0 Å². The smallest absolute Gasteiger partial charge is 0.416 e. The highest BCUT2D eigenvalue weighted by Gasteiger charge is 2.30. The number of ether oxygens (including phenoxy) is 1. The van der Waals surface area contributed by atoms with Crippen molar-refractivity contribution in [1.29, 1.82) is 0 Å². The van der Waals surface area contributed by atoms with Gasteiger partial charge in [0, 0.05) is 17.2 Å². The normalized spacial score (nSPS) is 11.2. The second kappa shape index (κ2) is 8.69. The summed E-state index contributed by atoms with van der Waals surface area (Å²) in [4.78, 5) is 35.6. The average Bonchev–Trinajstić information content (AvgIpc) is 2.65. The van der Waals surface area contributed by atoms with Gasteiger partial charge in [0.1, 0.15) is 0 Å². The van der Waals surface area contributed by atoms with E-state index < -0.39 is 30.1 Å². The van der Waals surface area contributed by atoms with Crippen molar-refractivity contribution in [2.24, 2.45) is 5.92 Å². The van der Waals surface area contributed by atoms with Crippen LogP contribution in [0.3, 0.4) is 0 Å². The van der Waals surface area contributed by atoms with Crippen molar-refractivity contribution in [2.75, 3.05) is 11.9 Å². The lowest BCUT2D eigenvalue weighted by molar-refractivity contribution is -0.137. The Morgan fingerprint density at radius 3 is 1.96 bits per heavy atom. The molecule has 0 aliphatic heterocycles. The van der Waals surface area contributed by atoms with Crippen molar-refractivity contribution >= 4 is 23.3 Å². The molecule has 5 nitrogen and oxygen atoms in total. The summed E-state index contributed by atoms with van der Waals surface area (Å²) >= 11 is 0. The van der Waals surface area contributed by atoms with E-state index in [0.717, 1.165) is 24.3 Å². The Kier molecular flexibility index (Phi) is 6.56. The number of esters is 1. The topological polar surface area (TPSA) is 72.5 Å². The summed E-state index contributed by atoms with van der Waals surface area (Å²) in [5, 5.41) is 2.68.